The van der Waals surface area contributed by atoms with Crippen LogP contribution < -0.4 is 0 Å². The topological polar surface area (TPSA) is 90.3 Å². The van der Waals surface area contributed by atoms with Crippen LogP contribution in [0.1, 0.15) is 25.0 Å². The monoisotopic (exact) mass is 227 g/mol. The van der Waals surface area contributed by atoms with Crippen LogP contribution in [0.15, 0.2) is 6.07 Å². The second-order valence-corrected chi connectivity index (χ2v) is 3.61. The standard InChI is InChI=1S/C9H13N3O4/c13-12(14)8-5-7(10-11-8)6-16-9-3-1-2-4-15-9/h5,9H,1-4,6H2,(H,10,11). The number of hydrogen-bond donors (Lipinski definition) is 1. The Kier molecular flexibility index (Phi) is 3.47. The molecule has 0 amide bonds. The molecule has 1 aromatic rings. The molecule has 1 fully saturated rings. The first kappa shape index (κ1) is 11.0. The molecule has 0 aromatic carbocycles. The third-order valence-corrected chi connectivity index (χ3v) is 2.37. The average Bonchev–Trinajstić information content (AvgIpc) is 2.76. The summed E-state index contributed by atoms with van der Waals surface area (Å²) in [5.41, 5.74) is 0.515. The third kappa shape index (κ3) is 2.77. The Balaban J connectivity index is 1.81. The van der Waals surface area contributed by atoms with Crippen LogP contribution in [-0.2, 0) is 16.1 Å². The molecule has 1 aromatic heterocycles. The minimum atomic E-state index is -0.520. The second-order valence-electron chi connectivity index (χ2n) is 3.61. The van der Waals surface area contributed by atoms with E-state index in [2.05, 4.69) is 10.2 Å². The van der Waals surface area contributed by atoms with Gasteiger partial charge in [0.1, 0.15) is 5.69 Å². The van der Waals surface area contributed by atoms with Gasteiger partial charge in [-0.3, -0.25) is 0 Å². The van der Waals surface area contributed by atoms with Crippen molar-refractivity contribution < 1.29 is 14.4 Å². The fourth-order valence-electron chi connectivity index (χ4n) is 1.54. The number of nitrogens with one attached hydrogen (secondary N) is 1. The van der Waals surface area contributed by atoms with Crippen molar-refractivity contribution in [2.75, 3.05) is 6.61 Å². The lowest BCUT2D eigenvalue weighted by Crippen LogP contribution is -2.22. The van der Waals surface area contributed by atoms with Gasteiger partial charge in [-0.15, -0.1) is 5.10 Å². The predicted octanol–water partition coefficient (Wildman–Crippen LogP) is 1.36. The normalized spacial score (nSPS) is 20.9. The van der Waals surface area contributed by atoms with Crippen LogP contribution in [0, 0.1) is 10.1 Å². The number of nitro groups is 1. The number of nitrogens with zero attached hydrogens (tertiary/aromatic N) is 2. The Morgan fingerprint density at radius 3 is 3.19 bits per heavy atom. The largest absolute Gasteiger partial charge is 0.358 e. The molecule has 2 rings (SSSR count). The zero-order chi connectivity index (χ0) is 11.4. The summed E-state index contributed by atoms with van der Waals surface area (Å²) in [6.07, 6.45) is 2.82. The van der Waals surface area contributed by atoms with Gasteiger partial charge in [0.05, 0.1) is 12.7 Å². The molecule has 1 aliphatic heterocycles. The lowest BCUT2D eigenvalue weighted by atomic mass is 10.2. The fraction of sp³-hybridized carbons (Fsp3) is 0.667. The SMILES string of the molecule is O=[N+]([O-])c1cc(COC2CCCCO2)n[nH]1. The van der Waals surface area contributed by atoms with E-state index in [4.69, 9.17) is 9.47 Å². The molecule has 16 heavy (non-hydrogen) atoms. The molecule has 0 saturated carbocycles. The van der Waals surface area contributed by atoms with Crippen LogP contribution in [0.3, 0.4) is 0 Å². The van der Waals surface area contributed by atoms with E-state index in [1.54, 1.807) is 0 Å². The first-order chi connectivity index (χ1) is 7.75. The highest BCUT2D eigenvalue weighted by atomic mass is 16.7. The highest BCUT2D eigenvalue weighted by Crippen LogP contribution is 2.16. The summed E-state index contributed by atoms with van der Waals surface area (Å²) >= 11 is 0. The third-order valence-electron chi connectivity index (χ3n) is 2.37. The Morgan fingerprint density at radius 1 is 1.69 bits per heavy atom. The Labute approximate surface area is 91.9 Å². The van der Waals surface area contributed by atoms with Crippen molar-refractivity contribution in [3.8, 4) is 0 Å². The van der Waals surface area contributed by atoms with Gasteiger partial charge in [-0.1, -0.05) is 5.10 Å². The molecule has 0 bridgehead atoms. The lowest BCUT2D eigenvalue weighted by Gasteiger charge is -2.21. The van der Waals surface area contributed by atoms with Gasteiger partial charge in [-0.2, -0.15) is 0 Å². The molecule has 0 aliphatic carbocycles. The van der Waals surface area contributed by atoms with E-state index in [0.29, 0.717) is 12.3 Å². The van der Waals surface area contributed by atoms with Crippen LogP contribution in [-0.4, -0.2) is 28.0 Å². The van der Waals surface area contributed by atoms with Crippen molar-refractivity contribution in [3.05, 3.63) is 21.9 Å². The summed E-state index contributed by atoms with van der Waals surface area (Å²) in [7, 11) is 0. The highest BCUT2D eigenvalue weighted by molar-refractivity contribution is 5.19. The van der Waals surface area contributed by atoms with E-state index in [-0.39, 0.29) is 18.7 Å². The summed E-state index contributed by atoms with van der Waals surface area (Å²) in [4.78, 5) is 9.87. The zero-order valence-electron chi connectivity index (χ0n) is 8.72. The van der Waals surface area contributed by atoms with Crippen LogP contribution in [0.5, 0.6) is 0 Å². The van der Waals surface area contributed by atoms with Gasteiger partial charge in [0.25, 0.3) is 0 Å². The zero-order valence-corrected chi connectivity index (χ0v) is 8.72. The second kappa shape index (κ2) is 5.04. The summed E-state index contributed by atoms with van der Waals surface area (Å²) in [5.74, 6) is -0.122. The first-order valence-corrected chi connectivity index (χ1v) is 5.17. The van der Waals surface area contributed by atoms with Crippen molar-refractivity contribution in [1.82, 2.24) is 10.2 Å². The number of H-pyrrole nitrogens is 1. The van der Waals surface area contributed by atoms with Crippen LogP contribution in [0.25, 0.3) is 0 Å². The van der Waals surface area contributed by atoms with E-state index in [1.807, 2.05) is 0 Å². The molecule has 1 unspecified atom stereocenters. The molecule has 1 atom stereocenters. The van der Waals surface area contributed by atoms with E-state index in [0.717, 1.165) is 19.3 Å². The van der Waals surface area contributed by atoms with Gasteiger partial charge < -0.3 is 19.6 Å². The van der Waals surface area contributed by atoms with Gasteiger partial charge in [-0.25, -0.2) is 0 Å². The fourth-order valence-corrected chi connectivity index (χ4v) is 1.54. The number of aromatic nitrogens is 2. The molecule has 88 valence electrons. The van der Waals surface area contributed by atoms with E-state index in [1.165, 1.54) is 6.07 Å². The maximum Gasteiger partial charge on any atom is 0.342 e. The number of hydrogen-bond acceptors (Lipinski definition) is 5. The molecule has 1 N–H and O–H groups in total. The maximum atomic E-state index is 10.4. The molecule has 7 nitrogen and oxygen atoms in total. The van der Waals surface area contributed by atoms with Crippen LogP contribution in [0.2, 0.25) is 0 Å². The van der Waals surface area contributed by atoms with Crippen molar-refractivity contribution in [3.63, 3.8) is 0 Å². The highest BCUT2D eigenvalue weighted by Gasteiger charge is 2.16. The summed E-state index contributed by atoms with van der Waals surface area (Å²) in [6.45, 7) is 0.945. The van der Waals surface area contributed by atoms with E-state index < -0.39 is 4.92 Å². The van der Waals surface area contributed by atoms with Crippen LogP contribution >= 0.6 is 0 Å². The molecule has 1 saturated heterocycles. The minimum absolute atomic E-state index is 0.122. The molecule has 2 heterocycles. The van der Waals surface area contributed by atoms with E-state index in [9.17, 15) is 10.1 Å². The molecular weight excluding hydrogens is 214 g/mol. The molecule has 7 heteroatoms. The minimum Gasteiger partial charge on any atom is -0.358 e. The molecule has 0 spiro atoms. The van der Waals surface area contributed by atoms with E-state index >= 15 is 0 Å². The lowest BCUT2D eigenvalue weighted by molar-refractivity contribution is -0.389. The van der Waals surface area contributed by atoms with Gasteiger partial charge in [0.2, 0.25) is 0 Å². The Morgan fingerprint density at radius 2 is 2.56 bits per heavy atom. The van der Waals surface area contributed by atoms with Crippen molar-refractivity contribution in [1.29, 1.82) is 0 Å². The summed E-state index contributed by atoms with van der Waals surface area (Å²) in [5, 5.41) is 16.5. The number of aromatic amines is 1. The maximum absolute atomic E-state index is 10.4. The van der Waals surface area contributed by atoms with Crippen LogP contribution in [0.4, 0.5) is 5.82 Å². The molecular formula is C9H13N3O4. The predicted molar refractivity (Wildman–Crippen MR) is 53.6 cm³/mol. The Hall–Kier alpha value is -1.47. The Bertz CT molecular complexity index is 359. The van der Waals surface area contributed by atoms with Gasteiger partial charge in [0.15, 0.2) is 6.29 Å². The molecule has 0 radical (unpaired) electrons. The first-order valence-electron chi connectivity index (χ1n) is 5.17. The smallest absolute Gasteiger partial charge is 0.342 e. The summed E-state index contributed by atoms with van der Waals surface area (Å²) < 4.78 is 10.8. The van der Waals surface area contributed by atoms with Crippen molar-refractivity contribution in [2.24, 2.45) is 0 Å². The van der Waals surface area contributed by atoms with Crippen molar-refractivity contribution in [2.45, 2.75) is 32.2 Å². The number of rotatable bonds is 4. The number of ether oxygens (including phenoxy) is 2. The molecule has 1 aliphatic rings. The summed E-state index contributed by atoms with van der Waals surface area (Å²) in [6, 6.07) is 1.36. The van der Waals surface area contributed by atoms with Gasteiger partial charge >= 0.3 is 5.82 Å². The van der Waals surface area contributed by atoms with Gasteiger partial charge in [0, 0.05) is 6.61 Å². The van der Waals surface area contributed by atoms with Gasteiger partial charge in [-0.05, 0) is 24.2 Å². The quantitative estimate of drug-likeness (QED) is 0.619. The van der Waals surface area contributed by atoms with Crippen molar-refractivity contribution >= 4 is 5.82 Å². The average molecular weight is 227 g/mol.